The molecule has 1 unspecified atom stereocenters. The lowest BCUT2D eigenvalue weighted by Crippen LogP contribution is -2.33. The Labute approximate surface area is 126 Å². The van der Waals surface area contributed by atoms with Crippen molar-refractivity contribution in [2.75, 3.05) is 0 Å². The summed E-state index contributed by atoms with van der Waals surface area (Å²) in [4.78, 5) is 0. The molecule has 1 heteroatoms. The van der Waals surface area contributed by atoms with Crippen molar-refractivity contribution in [2.24, 2.45) is 5.73 Å². The molecule has 0 heterocycles. The van der Waals surface area contributed by atoms with E-state index in [1.54, 1.807) is 0 Å². The quantitative estimate of drug-likeness (QED) is 0.545. The number of benzene rings is 1. The van der Waals surface area contributed by atoms with Crippen LogP contribution in [0.1, 0.15) is 82.8 Å². The molecule has 2 N–H and O–H groups in total. The van der Waals surface area contributed by atoms with E-state index in [2.05, 4.69) is 45.0 Å². The molecule has 20 heavy (non-hydrogen) atoms. The second-order valence-electron chi connectivity index (χ2n) is 6.46. The van der Waals surface area contributed by atoms with Gasteiger partial charge in [0.05, 0.1) is 0 Å². The molecule has 1 aromatic rings. The normalized spacial score (nSPS) is 14.2. The molecule has 0 spiro atoms. The minimum Gasteiger partial charge on any atom is -0.322 e. The van der Waals surface area contributed by atoms with Crippen LogP contribution in [-0.4, -0.2) is 0 Å². The summed E-state index contributed by atoms with van der Waals surface area (Å²) in [5.41, 5.74) is 8.97. The van der Waals surface area contributed by atoms with Crippen LogP contribution >= 0.6 is 0 Å². The molecule has 1 atom stereocenters. The van der Waals surface area contributed by atoms with Gasteiger partial charge in [-0.1, -0.05) is 82.6 Å². The first-order valence-corrected chi connectivity index (χ1v) is 8.43. The molecule has 0 aromatic heterocycles. The van der Waals surface area contributed by atoms with Crippen molar-refractivity contribution >= 4 is 0 Å². The zero-order chi connectivity index (χ0) is 14.8. The third kappa shape index (κ3) is 6.09. The van der Waals surface area contributed by atoms with Crippen LogP contribution in [0.15, 0.2) is 24.3 Å². The number of hydrogen-bond donors (Lipinski definition) is 1. The van der Waals surface area contributed by atoms with E-state index in [1.807, 2.05) is 0 Å². The molecule has 0 aliphatic carbocycles. The van der Waals surface area contributed by atoms with E-state index in [1.165, 1.54) is 62.5 Å². The predicted molar refractivity (Wildman–Crippen MR) is 89.9 cm³/mol. The Bertz CT molecular complexity index is 368. The molecule has 0 fully saturated rings. The van der Waals surface area contributed by atoms with Crippen molar-refractivity contribution in [3.63, 3.8) is 0 Å². The Balaban J connectivity index is 2.22. The van der Waals surface area contributed by atoms with Gasteiger partial charge in [0.25, 0.3) is 0 Å². The standard InChI is InChI=1S/C19H33N/c1-4-5-6-7-8-9-10-13-16-19(3,20)18-15-12-11-14-17(18)2/h11-12,14-15H,4-10,13,16,20H2,1-3H3. The third-order valence-corrected chi connectivity index (χ3v) is 4.31. The maximum Gasteiger partial charge on any atom is 0.0383 e. The highest BCUT2D eigenvalue weighted by Gasteiger charge is 2.21. The average molecular weight is 275 g/mol. The van der Waals surface area contributed by atoms with E-state index >= 15 is 0 Å². The molecule has 0 aliphatic rings. The van der Waals surface area contributed by atoms with Gasteiger partial charge in [-0.3, -0.25) is 0 Å². The van der Waals surface area contributed by atoms with E-state index in [4.69, 9.17) is 5.73 Å². The minimum atomic E-state index is -0.173. The molecule has 114 valence electrons. The molecule has 1 nitrogen and oxygen atoms in total. The molecular formula is C19H33N. The van der Waals surface area contributed by atoms with Gasteiger partial charge in [0.1, 0.15) is 0 Å². The van der Waals surface area contributed by atoms with Crippen molar-refractivity contribution in [2.45, 2.75) is 84.1 Å². The van der Waals surface area contributed by atoms with Gasteiger partial charge in [0, 0.05) is 5.54 Å². The lowest BCUT2D eigenvalue weighted by atomic mass is 9.85. The van der Waals surface area contributed by atoms with E-state index in [0.29, 0.717) is 0 Å². The van der Waals surface area contributed by atoms with Gasteiger partial charge in [-0.15, -0.1) is 0 Å². The fraction of sp³-hybridized carbons (Fsp3) is 0.684. The zero-order valence-electron chi connectivity index (χ0n) is 13.8. The second-order valence-corrected chi connectivity index (χ2v) is 6.46. The first kappa shape index (κ1) is 17.2. The fourth-order valence-electron chi connectivity index (χ4n) is 2.97. The first-order valence-electron chi connectivity index (χ1n) is 8.43. The van der Waals surface area contributed by atoms with Gasteiger partial charge >= 0.3 is 0 Å². The summed E-state index contributed by atoms with van der Waals surface area (Å²) in [6.07, 6.45) is 12.0. The summed E-state index contributed by atoms with van der Waals surface area (Å²) >= 11 is 0. The van der Waals surface area contributed by atoms with E-state index in [0.717, 1.165) is 6.42 Å². The molecule has 0 saturated carbocycles. The number of unbranched alkanes of at least 4 members (excludes halogenated alkanes) is 7. The Morgan fingerprint density at radius 1 is 0.900 bits per heavy atom. The molecular weight excluding hydrogens is 242 g/mol. The van der Waals surface area contributed by atoms with E-state index < -0.39 is 0 Å². The van der Waals surface area contributed by atoms with E-state index in [9.17, 15) is 0 Å². The van der Waals surface area contributed by atoms with Crippen molar-refractivity contribution in [1.29, 1.82) is 0 Å². The van der Waals surface area contributed by atoms with Crippen LogP contribution in [0.2, 0.25) is 0 Å². The van der Waals surface area contributed by atoms with Gasteiger partial charge in [-0.2, -0.15) is 0 Å². The smallest absolute Gasteiger partial charge is 0.0383 e. The van der Waals surface area contributed by atoms with Crippen molar-refractivity contribution in [3.8, 4) is 0 Å². The van der Waals surface area contributed by atoms with Crippen LogP contribution in [0.4, 0.5) is 0 Å². The summed E-state index contributed by atoms with van der Waals surface area (Å²) in [6.45, 7) is 6.61. The third-order valence-electron chi connectivity index (χ3n) is 4.31. The summed E-state index contributed by atoms with van der Waals surface area (Å²) < 4.78 is 0. The number of rotatable bonds is 10. The first-order chi connectivity index (χ1) is 9.58. The molecule has 1 aromatic carbocycles. The highest BCUT2D eigenvalue weighted by molar-refractivity contribution is 5.31. The Kier molecular flexibility index (Phi) is 7.91. The Morgan fingerprint density at radius 3 is 2.05 bits per heavy atom. The predicted octanol–water partition coefficient (Wildman–Crippen LogP) is 5.70. The van der Waals surface area contributed by atoms with Crippen LogP contribution in [0.3, 0.4) is 0 Å². The largest absolute Gasteiger partial charge is 0.322 e. The van der Waals surface area contributed by atoms with Gasteiger partial charge in [0.2, 0.25) is 0 Å². The van der Waals surface area contributed by atoms with Gasteiger partial charge in [-0.05, 0) is 31.4 Å². The lowest BCUT2D eigenvalue weighted by molar-refractivity contribution is 0.419. The molecule has 0 bridgehead atoms. The highest BCUT2D eigenvalue weighted by Crippen LogP contribution is 2.27. The molecule has 1 rings (SSSR count). The molecule has 0 aliphatic heterocycles. The lowest BCUT2D eigenvalue weighted by Gasteiger charge is -2.27. The number of nitrogens with two attached hydrogens (primary N) is 1. The van der Waals surface area contributed by atoms with Crippen LogP contribution in [-0.2, 0) is 5.54 Å². The van der Waals surface area contributed by atoms with Crippen LogP contribution in [0.5, 0.6) is 0 Å². The fourth-order valence-corrected chi connectivity index (χ4v) is 2.97. The summed E-state index contributed by atoms with van der Waals surface area (Å²) in [5.74, 6) is 0. The summed E-state index contributed by atoms with van der Waals surface area (Å²) in [5, 5.41) is 0. The van der Waals surface area contributed by atoms with Crippen molar-refractivity contribution < 1.29 is 0 Å². The second kappa shape index (κ2) is 9.18. The minimum absolute atomic E-state index is 0.173. The van der Waals surface area contributed by atoms with Crippen LogP contribution < -0.4 is 5.73 Å². The monoisotopic (exact) mass is 275 g/mol. The van der Waals surface area contributed by atoms with Crippen molar-refractivity contribution in [1.82, 2.24) is 0 Å². The Hall–Kier alpha value is -0.820. The number of aryl methyl sites for hydroxylation is 1. The maximum absolute atomic E-state index is 6.52. The highest BCUT2D eigenvalue weighted by atomic mass is 14.7. The molecule has 0 radical (unpaired) electrons. The van der Waals surface area contributed by atoms with Gasteiger partial charge in [0.15, 0.2) is 0 Å². The topological polar surface area (TPSA) is 26.0 Å². The average Bonchev–Trinajstić information content (AvgIpc) is 2.42. The number of hydrogen-bond acceptors (Lipinski definition) is 1. The SMILES string of the molecule is CCCCCCCCCCC(C)(N)c1ccccc1C. The van der Waals surface area contributed by atoms with Gasteiger partial charge in [-0.25, -0.2) is 0 Å². The molecule has 0 saturated heterocycles. The zero-order valence-corrected chi connectivity index (χ0v) is 13.8. The molecule has 0 amide bonds. The van der Waals surface area contributed by atoms with Crippen LogP contribution in [0, 0.1) is 6.92 Å². The van der Waals surface area contributed by atoms with Crippen LogP contribution in [0.25, 0.3) is 0 Å². The summed E-state index contributed by atoms with van der Waals surface area (Å²) in [7, 11) is 0. The summed E-state index contributed by atoms with van der Waals surface area (Å²) in [6, 6.07) is 8.53. The van der Waals surface area contributed by atoms with E-state index in [-0.39, 0.29) is 5.54 Å². The Morgan fingerprint density at radius 2 is 1.45 bits per heavy atom. The van der Waals surface area contributed by atoms with Gasteiger partial charge < -0.3 is 5.73 Å². The maximum atomic E-state index is 6.52. The van der Waals surface area contributed by atoms with Crippen molar-refractivity contribution in [3.05, 3.63) is 35.4 Å².